The minimum Gasteiger partial charge on any atom is -0.481 e. The van der Waals surface area contributed by atoms with Gasteiger partial charge in [0.05, 0.1) is 0 Å². The smallest absolute Gasteiger partial charge is 0.263 e. The molecule has 1 unspecified atom stereocenters. The summed E-state index contributed by atoms with van der Waals surface area (Å²) in [6.07, 6.45) is 0.516. The van der Waals surface area contributed by atoms with Gasteiger partial charge in [0, 0.05) is 36.3 Å². The SMILES string of the molecule is CC(=O)c1ccc(OC(C)C(=O)N2CCC(C(=O)Nc3ccc4c(c3)OCO4)CC2)cc1. The lowest BCUT2D eigenvalue weighted by Gasteiger charge is -2.33. The fourth-order valence-electron chi connectivity index (χ4n) is 3.86. The van der Waals surface area contributed by atoms with Gasteiger partial charge in [0.15, 0.2) is 23.4 Å². The van der Waals surface area contributed by atoms with Crippen LogP contribution in [0.2, 0.25) is 0 Å². The summed E-state index contributed by atoms with van der Waals surface area (Å²) in [5.74, 6) is 1.45. The number of hydrogen-bond acceptors (Lipinski definition) is 6. The molecule has 168 valence electrons. The zero-order valence-corrected chi connectivity index (χ0v) is 18.1. The number of carbonyl (C=O) groups is 3. The molecule has 8 heteroatoms. The number of benzene rings is 2. The predicted molar refractivity (Wildman–Crippen MR) is 117 cm³/mol. The third-order valence-corrected chi connectivity index (χ3v) is 5.74. The van der Waals surface area contributed by atoms with Crippen LogP contribution in [-0.4, -0.2) is 48.5 Å². The number of amides is 2. The Balaban J connectivity index is 1.26. The molecule has 0 saturated carbocycles. The molecule has 0 radical (unpaired) electrons. The molecule has 32 heavy (non-hydrogen) atoms. The van der Waals surface area contributed by atoms with Gasteiger partial charge >= 0.3 is 0 Å². The van der Waals surface area contributed by atoms with E-state index < -0.39 is 6.10 Å². The Kier molecular flexibility index (Phi) is 6.30. The van der Waals surface area contributed by atoms with Crippen molar-refractivity contribution < 1.29 is 28.6 Å². The Labute approximate surface area is 186 Å². The number of ketones is 1. The number of hydrogen-bond donors (Lipinski definition) is 1. The van der Waals surface area contributed by atoms with Gasteiger partial charge in [-0.2, -0.15) is 0 Å². The molecule has 2 aromatic rings. The summed E-state index contributed by atoms with van der Waals surface area (Å²) in [5, 5.41) is 2.93. The molecule has 2 amide bonds. The molecule has 2 aliphatic heterocycles. The minimum atomic E-state index is -0.655. The van der Waals surface area contributed by atoms with E-state index in [4.69, 9.17) is 14.2 Å². The molecule has 1 saturated heterocycles. The fourth-order valence-corrected chi connectivity index (χ4v) is 3.86. The molecule has 0 bridgehead atoms. The van der Waals surface area contributed by atoms with Gasteiger partial charge in [-0.25, -0.2) is 0 Å². The number of nitrogens with zero attached hydrogens (tertiary/aromatic N) is 1. The van der Waals surface area contributed by atoms with Gasteiger partial charge in [-0.3, -0.25) is 14.4 Å². The van der Waals surface area contributed by atoms with E-state index in [1.165, 1.54) is 6.92 Å². The standard InChI is InChI=1S/C24H26N2O6/c1-15(27)17-3-6-20(7-4-17)32-16(2)24(29)26-11-9-18(10-12-26)23(28)25-19-5-8-21-22(13-19)31-14-30-21/h3-8,13,16,18H,9-12,14H2,1-2H3,(H,25,28). The second-order valence-corrected chi connectivity index (χ2v) is 8.00. The van der Waals surface area contributed by atoms with Crippen LogP contribution in [0, 0.1) is 5.92 Å². The Morgan fingerprint density at radius 1 is 1.03 bits per heavy atom. The first-order valence-corrected chi connectivity index (χ1v) is 10.7. The lowest BCUT2D eigenvalue weighted by atomic mass is 9.95. The van der Waals surface area contributed by atoms with E-state index in [0.717, 1.165) is 0 Å². The Morgan fingerprint density at radius 3 is 2.41 bits per heavy atom. The lowest BCUT2D eigenvalue weighted by Crippen LogP contribution is -2.46. The molecule has 1 fully saturated rings. The third-order valence-electron chi connectivity index (χ3n) is 5.74. The molecule has 2 aliphatic rings. The number of likely N-dealkylation sites (tertiary alicyclic amines) is 1. The predicted octanol–water partition coefficient (Wildman–Crippen LogP) is 3.26. The zero-order valence-electron chi connectivity index (χ0n) is 18.1. The van der Waals surface area contributed by atoms with E-state index in [-0.39, 0.29) is 30.3 Å². The number of ether oxygens (including phenoxy) is 3. The van der Waals surface area contributed by atoms with Crippen molar-refractivity contribution in [1.82, 2.24) is 4.90 Å². The van der Waals surface area contributed by atoms with E-state index in [1.807, 2.05) is 0 Å². The maximum atomic E-state index is 12.8. The van der Waals surface area contributed by atoms with Crippen LogP contribution in [0.1, 0.15) is 37.0 Å². The van der Waals surface area contributed by atoms with Crippen molar-refractivity contribution in [2.24, 2.45) is 5.92 Å². The van der Waals surface area contributed by atoms with Crippen LogP contribution in [0.25, 0.3) is 0 Å². The van der Waals surface area contributed by atoms with Crippen molar-refractivity contribution in [3.63, 3.8) is 0 Å². The highest BCUT2D eigenvalue weighted by Gasteiger charge is 2.30. The second kappa shape index (κ2) is 9.30. The van der Waals surface area contributed by atoms with Crippen molar-refractivity contribution in [3.05, 3.63) is 48.0 Å². The normalized spacial score (nSPS) is 16.4. The summed E-state index contributed by atoms with van der Waals surface area (Å²) < 4.78 is 16.4. The zero-order chi connectivity index (χ0) is 22.7. The Bertz CT molecular complexity index is 1010. The van der Waals surface area contributed by atoms with Crippen molar-refractivity contribution in [1.29, 1.82) is 0 Å². The van der Waals surface area contributed by atoms with Gasteiger partial charge in [0.25, 0.3) is 5.91 Å². The maximum absolute atomic E-state index is 12.8. The molecule has 1 atom stereocenters. The van der Waals surface area contributed by atoms with Gasteiger partial charge in [-0.05, 0) is 63.1 Å². The van der Waals surface area contributed by atoms with E-state index in [9.17, 15) is 14.4 Å². The number of rotatable bonds is 6. The number of carbonyl (C=O) groups excluding carboxylic acids is 3. The third kappa shape index (κ3) is 4.85. The Morgan fingerprint density at radius 2 is 1.72 bits per heavy atom. The summed E-state index contributed by atoms with van der Waals surface area (Å²) >= 11 is 0. The molecule has 8 nitrogen and oxygen atoms in total. The van der Waals surface area contributed by atoms with Crippen LogP contribution in [-0.2, 0) is 9.59 Å². The van der Waals surface area contributed by atoms with E-state index in [0.29, 0.717) is 54.4 Å². The highest BCUT2D eigenvalue weighted by atomic mass is 16.7. The summed E-state index contributed by atoms with van der Waals surface area (Å²) in [6, 6.07) is 12.0. The highest BCUT2D eigenvalue weighted by molar-refractivity contribution is 5.94. The van der Waals surface area contributed by atoms with Gasteiger partial charge < -0.3 is 24.4 Å². The van der Waals surface area contributed by atoms with E-state index in [1.54, 1.807) is 54.3 Å². The molecule has 2 aromatic carbocycles. The van der Waals surface area contributed by atoms with Gasteiger partial charge in [-0.1, -0.05) is 0 Å². The summed E-state index contributed by atoms with van der Waals surface area (Å²) in [7, 11) is 0. The summed E-state index contributed by atoms with van der Waals surface area (Å²) in [4.78, 5) is 38.5. The average Bonchev–Trinajstić information content (AvgIpc) is 3.27. The first-order chi connectivity index (χ1) is 15.4. The van der Waals surface area contributed by atoms with Gasteiger partial charge in [0.2, 0.25) is 12.7 Å². The van der Waals surface area contributed by atoms with Crippen molar-refractivity contribution >= 4 is 23.3 Å². The Hall–Kier alpha value is -3.55. The summed E-state index contributed by atoms with van der Waals surface area (Å²) in [6.45, 7) is 4.38. The number of anilines is 1. The quantitative estimate of drug-likeness (QED) is 0.696. The van der Waals surface area contributed by atoms with Gasteiger partial charge in [-0.15, -0.1) is 0 Å². The molecule has 0 spiro atoms. The van der Waals surface area contributed by atoms with Crippen LogP contribution in [0.15, 0.2) is 42.5 Å². The van der Waals surface area contributed by atoms with Crippen LogP contribution in [0.3, 0.4) is 0 Å². The maximum Gasteiger partial charge on any atom is 0.263 e. The topological polar surface area (TPSA) is 94.2 Å². The van der Waals surface area contributed by atoms with Crippen LogP contribution >= 0.6 is 0 Å². The molecular formula is C24H26N2O6. The second-order valence-electron chi connectivity index (χ2n) is 8.00. The van der Waals surface area contributed by atoms with E-state index >= 15 is 0 Å². The fraction of sp³-hybridized carbons (Fsp3) is 0.375. The first-order valence-electron chi connectivity index (χ1n) is 10.7. The van der Waals surface area contributed by atoms with Crippen LogP contribution in [0.5, 0.6) is 17.2 Å². The monoisotopic (exact) mass is 438 g/mol. The summed E-state index contributed by atoms with van der Waals surface area (Å²) in [5.41, 5.74) is 1.26. The van der Waals surface area contributed by atoms with Crippen molar-refractivity contribution in [2.75, 3.05) is 25.2 Å². The van der Waals surface area contributed by atoms with Crippen LogP contribution in [0.4, 0.5) is 5.69 Å². The molecule has 2 heterocycles. The molecule has 1 N–H and O–H groups in total. The van der Waals surface area contributed by atoms with E-state index in [2.05, 4.69) is 5.32 Å². The van der Waals surface area contributed by atoms with Crippen molar-refractivity contribution in [3.8, 4) is 17.2 Å². The van der Waals surface area contributed by atoms with Crippen molar-refractivity contribution in [2.45, 2.75) is 32.8 Å². The number of fused-ring (bicyclic) bond motifs is 1. The average molecular weight is 438 g/mol. The molecular weight excluding hydrogens is 412 g/mol. The largest absolute Gasteiger partial charge is 0.481 e. The lowest BCUT2D eigenvalue weighted by molar-refractivity contribution is -0.140. The highest BCUT2D eigenvalue weighted by Crippen LogP contribution is 2.34. The van der Waals surface area contributed by atoms with Crippen LogP contribution < -0.4 is 19.5 Å². The number of Topliss-reactive ketones (excluding diaryl/α,β-unsaturated/α-hetero) is 1. The first kappa shape index (κ1) is 21.7. The van der Waals surface area contributed by atoms with Gasteiger partial charge in [0.1, 0.15) is 5.75 Å². The number of piperidine rings is 1. The molecule has 0 aliphatic carbocycles. The molecule has 4 rings (SSSR count). The molecule has 0 aromatic heterocycles. The number of nitrogens with one attached hydrogen (secondary N) is 1. The minimum absolute atomic E-state index is 0.0221.